The van der Waals surface area contributed by atoms with E-state index in [1.807, 2.05) is 0 Å². The van der Waals surface area contributed by atoms with Crippen LogP contribution < -0.4 is 5.32 Å². The van der Waals surface area contributed by atoms with Gasteiger partial charge in [0.05, 0.1) is 5.92 Å². The van der Waals surface area contributed by atoms with Crippen molar-refractivity contribution in [1.82, 2.24) is 15.5 Å². The summed E-state index contributed by atoms with van der Waals surface area (Å²) in [7, 11) is 0. The first-order chi connectivity index (χ1) is 10.2. The van der Waals surface area contributed by atoms with E-state index in [1.54, 1.807) is 0 Å². The standard InChI is InChI=1S/C17H31N3O/c1-4-12-18-14(3)13(2)17-19-16(20-21-17)15-10-8-6-5-7-9-11-15/h13-15,18H,4-12H2,1-3H3. The van der Waals surface area contributed by atoms with Crippen LogP contribution in [0.2, 0.25) is 0 Å². The number of hydrogen-bond donors (Lipinski definition) is 1. The summed E-state index contributed by atoms with van der Waals surface area (Å²) in [6.45, 7) is 7.59. The van der Waals surface area contributed by atoms with E-state index in [9.17, 15) is 0 Å². The van der Waals surface area contributed by atoms with Crippen LogP contribution in [0.3, 0.4) is 0 Å². The number of rotatable bonds is 6. The normalized spacial score (nSPS) is 20.7. The predicted octanol–water partition coefficient (Wildman–Crippen LogP) is 4.39. The molecule has 1 aromatic heterocycles. The molecule has 2 rings (SSSR count). The van der Waals surface area contributed by atoms with E-state index in [2.05, 4.69) is 31.2 Å². The highest BCUT2D eigenvalue weighted by molar-refractivity contribution is 5.01. The third kappa shape index (κ3) is 4.80. The molecule has 1 aromatic rings. The summed E-state index contributed by atoms with van der Waals surface area (Å²) in [4.78, 5) is 4.72. The fourth-order valence-corrected chi connectivity index (χ4v) is 3.08. The van der Waals surface area contributed by atoms with E-state index in [4.69, 9.17) is 9.51 Å². The molecule has 1 aliphatic rings. The van der Waals surface area contributed by atoms with Crippen molar-refractivity contribution >= 4 is 0 Å². The Morgan fingerprint density at radius 1 is 1.14 bits per heavy atom. The zero-order valence-electron chi connectivity index (χ0n) is 13.9. The van der Waals surface area contributed by atoms with Crippen LogP contribution in [0.25, 0.3) is 0 Å². The van der Waals surface area contributed by atoms with Gasteiger partial charge in [-0.1, -0.05) is 51.1 Å². The fourth-order valence-electron chi connectivity index (χ4n) is 3.08. The Hall–Kier alpha value is -0.900. The van der Waals surface area contributed by atoms with E-state index in [0.717, 1.165) is 24.7 Å². The summed E-state index contributed by atoms with van der Waals surface area (Å²) in [5, 5.41) is 7.79. The molecule has 4 heteroatoms. The molecule has 1 fully saturated rings. The van der Waals surface area contributed by atoms with Crippen LogP contribution in [0, 0.1) is 0 Å². The molecule has 1 aliphatic carbocycles. The molecule has 1 heterocycles. The molecule has 120 valence electrons. The first kappa shape index (κ1) is 16.5. The molecule has 21 heavy (non-hydrogen) atoms. The van der Waals surface area contributed by atoms with Crippen LogP contribution in [0.5, 0.6) is 0 Å². The second kappa shape index (κ2) is 8.52. The maximum Gasteiger partial charge on any atom is 0.231 e. The second-order valence-electron chi connectivity index (χ2n) is 6.56. The lowest BCUT2D eigenvalue weighted by Crippen LogP contribution is -2.31. The zero-order chi connectivity index (χ0) is 15.1. The lowest BCUT2D eigenvalue weighted by Gasteiger charge is -2.18. The molecular formula is C17H31N3O. The minimum absolute atomic E-state index is 0.270. The Kier molecular flexibility index (Phi) is 6.68. The summed E-state index contributed by atoms with van der Waals surface area (Å²) < 4.78 is 5.55. The van der Waals surface area contributed by atoms with Crippen molar-refractivity contribution in [2.75, 3.05) is 6.54 Å². The van der Waals surface area contributed by atoms with Gasteiger partial charge in [-0.3, -0.25) is 0 Å². The quantitative estimate of drug-likeness (QED) is 0.845. The number of nitrogens with zero attached hydrogens (tertiary/aromatic N) is 2. The van der Waals surface area contributed by atoms with Crippen molar-refractivity contribution in [3.63, 3.8) is 0 Å². The van der Waals surface area contributed by atoms with Crippen LogP contribution in [-0.2, 0) is 0 Å². The molecule has 0 aliphatic heterocycles. The van der Waals surface area contributed by atoms with Crippen molar-refractivity contribution in [3.8, 4) is 0 Å². The second-order valence-corrected chi connectivity index (χ2v) is 6.56. The molecule has 0 aromatic carbocycles. The molecule has 2 unspecified atom stereocenters. The predicted molar refractivity (Wildman–Crippen MR) is 85.5 cm³/mol. The molecule has 0 radical (unpaired) electrons. The Morgan fingerprint density at radius 2 is 1.81 bits per heavy atom. The Labute approximate surface area is 129 Å². The monoisotopic (exact) mass is 293 g/mol. The third-order valence-electron chi connectivity index (χ3n) is 4.78. The maximum absolute atomic E-state index is 5.55. The molecule has 4 nitrogen and oxygen atoms in total. The Balaban J connectivity index is 1.95. The summed E-state index contributed by atoms with van der Waals surface area (Å²) >= 11 is 0. The van der Waals surface area contributed by atoms with Gasteiger partial charge in [0.25, 0.3) is 0 Å². The van der Waals surface area contributed by atoms with Gasteiger partial charge in [0, 0.05) is 12.0 Å². The van der Waals surface area contributed by atoms with Crippen LogP contribution in [0.1, 0.15) is 95.7 Å². The third-order valence-corrected chi connectivity index (χ3v) is 4.78. The van der Waals surface area contributed by atoms with Gasteiger partial charge >= 0.3 is 0 Å². The average Bonchev–Trinajstić information content (AvgIpc) is 2.93. The summed E-state index contributed by atoms with van der Waals surface area (Å²) in [6.07, 6.45) is 10.3. The van der Waals surface area contributed by atoms with Crippen molar-refractivity contribution in [1.29, 1.82) is 0 Å². The molecule has 0 saturated heterocycles. The molecule has 1 N–H and O–H groups in total. The van der Waals surface area contributed by atoms with Crippen molar-refractivity contribution < 1.29 is 4.52 Å². The summed E-state index contributed by atoms with van der Waals surface area (Å²) in [6, 6.07) is 0.371. The fraction of sp³-hybridized carbons (Fsp3) is 0.882. The lowest BCUT2D eigenvalue weighted by molar-refractivity contribution is 0.324. The minimum Gasteiger partial charge on any atom is -0.339 e. The molecule has 0 spiro atoms. The number of hydrogen-bond acceptors (Lipinski definition) is 4. The van der Waals surface area contributed by atoms with Crippen LogP contribution >= 0.6 is 0 Å². The minimum atomic E-state index is 0.270. The first-order valence-corrected chi connectivity index (χ1v) is 8.79. The van der Waals surface area contributed by atoms with Gasteiger partial charge in [-0.15, -0.1) is 0 Å². The molecule has 0 bridgehead atoms. The molecule has 1 saturated carbocycles. The van der Waals surface area contributed by atoms with Gasteiger partial charge in [0.15, 0.2) is 5.82 Å². The molecule has 0 amide bonds. The zero-order valence-corrected chi connectivity index (χ0v) is 13.9. The topological polar surface area (TPSA) is 51.0 Å². The van der Waals surface area contributed by atoms with E-state index < -0.39 is 0 Å². The highest BCUT2D eigenvalue weighted by Crippen LogP contribution is 2.30. The van der Waals surface area contributed by atoms with E-state index in [0.29, 0.717) is 12.0 Å². The average molecular weight is 293 g/mol. The maximum atomic E-state index is 5.55. The summed E-state index contributed by atoms with van der Waals surface area (Å²) in [5.41, 5.74) is 0. The van der Waals surface area contributed by atoms with E-state index in [1.165, 1.54) is 44.9 Å². The van der Waals surface area contributed by atoms with Gasteiger partial charge in [0.2, 0.25) is 5.89 Å². The SMILES string of the molecule is CCCNC(C)C(C)c1nc(C2CCCCCCC2)no1. The number of nitrogens with one attached hydrogen (secondary N) is 1. The van der Waals surface area contributed by atoms with Crippen LogP contribution in [0.15, 0.2) is 4.52 Å². The van der Waals surface area contributed by atoms with Crippen LogP contribution in [-0.4, -0.2) is 22.7 Å². The van der Waals surface area contributed by atoms with Crippen molar-refractivity contribution in [2.24, 2.45) is 0 Å². The van der Waals surface area contributed by atoms with Gasteiger partial charge < -0.3 is 9.84 Å². The van der Waals surface area contributed by atoms with Gasteiger partial charge in [-0.2, -0.15) is 4.98 Å². The first-order valence-electron chi connectivity index (χ1n) is 8.79. The van der Waals surface area contributed by atoms with Gasteiger partial charge in [-0.05, 0) is 32.7 Å². The lowest BCUT2D eigenvalue weighted by atomic mass is 9.91. The smallest absolute Gasteiger partial charge is 0.231 e. The van der Waals surface area contributed by atoms with E-state index in [-0.39, 0.29) is 5.92 Å². The Morgan fingerprint density at radius 3 is 2.48 bits per heavy atom. The largest absolute Gasteiger partial charge is 0.339 e. The molecule has 2 atom stereocenters. The highest BCUT2D eigenvalue weighted by atomic mass is 16.5. The Bertz CT molecular complexity index is 396. The summed E-state index contributed by atoms with van der Waals surface area (Å²) in [5.74, 6) is 2.52. The van der Waals surface area contributed by atoms with Crippen molar-refractivity contribution in [3.05, 3.63) is 11.7 Å². The highest BCUT2D eigenvalue weighted by Gasteiger charge is 2.24. The van der Waals surface area contributed by atoms with E-state index >= 15 is 0 Å². The van der Waals surface area contributed by atoms with Crippen molar-refractivity contribution in [2.45, 2.75) is 90.0 Å². The van der Waals surface area contributed by atoms with Crippen LogP contribution in [0.4, 0.5) is 0 Å². The van der Waals surface area contributed by atoms with Gasteiger partial charge in [-0.25, -0.2) is 0 Å². The van der Waals surface area contributed by atoms with Gasteiger partial charge in [0.1, 0.15) is 0 Å². The molecular weight excluding hydrogens is 262 g/mol. The number of aromatic nitrogens is 2.